The van der Waals surface area contributed by atoms with E-state index in [9.17, 15) is 0 Å². The van der Waals surface area contributed by atoms with Crippen molar-refractivity contribution in [3.05, 3.63) is 47.6 Å². The van der Waals surface area contributed by atoms with Gasteiger partial charge in [0.05, 0.1) is 12.8 Å². The first-order valence-electron chi connectivity index (χ1n) is 9.48. The first-order chi connectivity index (χ1) is 12.8. The molecule has 1 aromatic rings. The summed E-state index contributed by atoms with van der Waals surface area (Å²) in [6, 6.07) is 7.68. The van der Waals surface area contributed by atoms with Crippen molar-refractivity contribution in [1.29, 1.82) is 0 Å². The molecule has 1 aromatic carbocycles. The minimum Gasteiger partial charge on any atom is -0.497 e. The van der Waals surface area contributed by atoms with Gasteiger partial charge in [0.1, 0.15) is 5.75 Å². The second kappa shape index (κ2) is 9.69. The van der Waals surface area contributed by atoms with Gasteiger partial charge < -0.3 is 4.74 Å². The Morgan fingerprint density at radius 3 is 1.88 bits per heavy atom. The van der Waals surface area contributed by atoms with Crippen LogP contribution in [0.4, 0.5) is 5.69 Å². The Morgan fingerprint density at radius 2 is 1.42 bits per heavy atom. The molecule has 0 saturated heterocycles. The van der Waals surface area contributed by atoms with Crippen LogP contribution in [-0.2, 0) is 0 Å². The van der Waals surface area contributed by atoms with E-state index in [0.717, 1.165) is 37.1 Å². The van der Waals surface area contributed by atoms with Crippen molar-refractivity contribution in [3.63, 3.8) is 0 Å². The lowest BCUT2D eigenvalue weighted by molar-refractivity contribution is 0.415. The van der Waals surface area contributed by atoms with Crippen LogP contribution in [0.5, 0.6) is 5.75 Å². The molecule has 2 aliphatic carbocycles. The fourth-order valence-electron chi connectivity index (χ4n) is 3.06. The van der Waals surface area contributed by atoms with E-state index in [-0.39, 0.29) is 0 Å². The summed E-state index contributed by atoms with van der Waals surface area (Å²) >= 11 is 0. The highest BCUT2D eigenvalue weighted by atomic mass is 16.5. The van der Waals surface area contributed by atoms with Gasteiger partial charge in [-0.25, -0.2) is 4.99 Å². The zero-order valence-corrected chi connectivity index (χ0v) is 15.5. The normalized spacial score (nSPS) is 16.0. The predicted molar refractivity (Wildman–Crippen MR) is 109 cm³/mol. The molecule has 0 fully saturated rings. The lowest BCUT2D eigenvalue weighted by Crippen LogP contribution is -1.94. The Labute approximate surface area is 157 Å². The monoisotopic (exact) mass is 343 g/mol. The average Bonchev–Trinajstić information content (AvgIpc) is 2.72. The predicted octanol–water partition coefficient (Wildman–Crippen LogP) is 5.78. The van der Waals surface area contributed by atoms with E-state index in [4.69, 9.17) is 4.74 Å². The van der Waals surface area contributed by atoms with Crippen molar-refractivity contribution in [2.24, 2.45) is 4.99 Å². The fourth-order valence-corrected chi connectivity index (χ4v) is 3.06. The van der Waals surface area contributed by atoms with Gasteiger partial charge in [0.25, 0.3) is 0 Å². The molecule has 0 amide bonds. The molecule has 2 aliphatic rings. The standard InChI is InChI=1S/C24H25NO/c1-26-24-18-16-23(17-19-24)25-22(14-12-20-8-4-2-5-9-20)15-13-21-10-6-3-7-11-21/h8,10,16-19H,2-7,9,11H2,1H3. The molecule has 2 heteroatoms. The maximum atomic E-state index is 5.21. The first-order valence-corrected chi connectivity index (χ1v) is 9.48. The van der Waals surface area contributed by atoms with Crippen molar-refractivity contribution in [2.75, 3.05) is 7.11 Å². The minimum absolute atomic E-state index is 0.633. The fraction of sp³-hybridized carbons (Fsp3) is 0.375. The quantitative estimate of drug-likeness (QED) is 0.493. The maximum Gasteiger partial charge on any atom is 0.164 e. The summed E-state index contributed by atoms with van der Waals surface area (Å²) in [6.07, 6.45) is 13.9. The summed E-state index contributed by atoms with van der Waals surface area (Å²) in [5.74, 6) is 13.8. The molecule has 0 radical (unpaired) electrons. The number of benzene rings is 1. The lowest BCUT2D eigenvalue weighted by Gasteiger charge is -2.06. The second-order valence-electron chi connectivity index (χ2n) is 6.61. The minimum atomic E-state index is 0.633. The molecule has 0 unspecified atom stereocenters. The topological polar surface area (TPSA) is 21.6 Å². The van der Waals surface area contributed by atoms with Gasteiger partial charge in [0.15, 0.2) is 5.71 Å². The van der Waals surface area contributed by atoms with E-state index in [1.54, 1.807) is 7.11 Å². The van der Waals surface area contributed by atoms with Crippen molar-refractivity contribution in [3.8, 4) is 29.4 Å². The van der Waals surface area contributed by atoms with E-state index in [2.05, 4.69) is 40.8 Å². The van der Waals surface area contributed by atoms with Crippen LogP contribution in [0.1, 0.15) is 51.4 Å². The SMILES string of the molecule is COc1ccc(N=C(C#CC2=CCCCC2)C#CC2=CCCCC2)cc1. The molecule has 0 aromatic heterocycles. The van der Waals surface area contributed by atoms with Crippen molar-refractivity contribution in [2.45, 2.75) is 51.4 Å². The third kappa shape index (κ3) is 5.68. The van der Waals surface area contributed by atoms with Crippen LogP contribution in [0, 0.1) is 23.7 Å². The highest BCUT2D eigenvalue weighted by Gasteiger charge is 2.02. The van der Waals surface area contributed by atoms with Crippen LogP contribution in [0.2, 0.25) is 0 Å². The van der Waals surface area contributed by atoms with Gasteiger partial charge in [-0.05, 0) is 98.6 Å². The number of hydrogen-bond acceptors (Lipinski definition) is 2. The summed E-state index contributed by atoms with van der Waals surface area (Å²) in [4.78, 5) is 4.66. The highest BCUT2D eigenvalue weighted by molar-refractivity contribution is 6.14. The van der Waals surface area contributed by atoms with Gasteiger partial charge in [-0.15, -0.1) is 0 Å². The van der Waals surface area contributed by atoms with Gasteiger partial charge in [-0.1, -0.05) is 24.0 Å². The number of allylic oxidation sites excluding steroid dienone is 4. The summed E-state index contributed by atoms with van der Waals surface area (Å²) < 4.78 is 5.21. The number of ether oxygens (including phenoxy) is 1. The number of aliphatic imine (C=N–C) groups is 1. The van der Waals surface area contributed by atoms with E-state index in [1.807, 2.05) is 24.3 Å². The average molecular weight is 343 g/mol. The number of nitrogens with zero attached hydrogens (tertiary/aromatic N) is 1. The van der Waals surface area contributed by atoms with Gasteiger partial charge in [-0.2, -0.15) is 0 Å². The molecular formula is C24H25NO. The Morgan fingerprint density at radius 1 is 0.846 bits per heavy atom. The lowest BCUT2D eigenvalue weighted by atomic mass is 9.99. The summed E-state index contributed by atoms with van der Waals surface area (Å²) in [7, 11) is 1.66. The highest BCUT2D eigenvalue weighted by Crippen LogP contribution is 2.19. The van der Waals surface area contributed by atoms with Crippen LogP contribution in [0.25, 0.3) is 0 Å². The van der Waals surface area contributed by atoms with Crippen molar-refractivity contribution < 1.29 is 4.74 Å². The van der Waals surface area contributed by atoms with Crippen LogP contribution in [0.15, 0.2) is 52.6 Å². The summed E-state index contributed by atoms with van der Waals surface area (Å²) in [5.41, 5.74) is 3.92. The van der Waals surface area contributed by atoms with Gasteiger partial charge in [0, 0.05) is 0 Å². The van der Waals surface area contributed by atoms with Crippen LogP contribution >= 0.6 is 0 Å². The number of methoxy groups -OCH3 is 1. The Kier molecular flexibility index (Phi) is 6.74. The Bertz CT molecular complexity index is 786. The van der Waals surface area contributed by atoms with E-state index < -0.39 is 0 Å². The Balaban J connectivity index is 1.86. The molecule has 2 nitrogen and oxygen atoms in total. The maximum absolute atomic E-state index is 5.21. The molecule has 0 heterocycles. The summed E-state index contributed by atoms with van der Waals surface area (Å²) in [5, 5.41) is 0. The number of hydrogen-bond donors (Lipinski definition) is 0. The molecule has 132 valence electrons. The molecule has 0 saturated carbocycles. The molecule has 3 rings (SSSR count). The zero-order chi connectivity index (χ0) is 18.0. The Hall–Kier alpha value is -2.71. The van der Waals surface area contributed by atoms with Gasteiger partial charge >= 0.3 is 0 Å². The van der Waals surface area contributed by atoms with Crippen LogP contribution < -0.4 is 4.74 Å². The zero-order valence-electron chi connectivity index (χ0n) is 15.5. The number of rotatable bonds is 2. The molecule has 26 heavy (non-hydrogen) atoms. The van der Waals surface area contributed by atoms with E-state index in [1.165, 1.54) is 36.8 Å². The smallest absolute Gasteiger partial charge is 0.164 e. The third-order valence-corrected chi connectivity index (χ3v) is 4.58. The van der Waals surface area contributed by atoms with E-state index >= 15 is 0 Å². The molecule has 0 aliphatic heterocycles. The first kappa shape index (κ1) is 18.1. The molecule has 0 spiro atoms. The van der Waals surface area contributed by atoms with Crippen LogP contribution in [-0.4, -0.2) is 12.8 Å². The second-order valence-corrected chi connectivity index (χ2v) is 6.61. The van der Waals surface area contributed by atoms with Crippen molar-refractivity contribution in [1.82, 2.24) is 0 Å². The largest absolute Gasteiger partial charge is 0.497 e. The van der Waals surface area contributed by atoms with E-state index in [0.29, 0.717) is 5.71 Å². The van der Waals surface area contributed by atoms with Gasteiger partial charge in [0.2, 0.25) is 0 Å². The summed E-state index contributed by atoms with van der Waals surface area (Å²) in [6.45, 7) is 0. The molecule has 0 N–H and O–H groups in total. The van der Waals surface area contributed by atoms with Crippen LogP contribution in [0.3, 0.4) is 0 Å². The van der Waals surface area contributed by atoms with Gasteiger partial charge in [-0.3, -0.25) is 0 Å². The van der Waals surface area contributed by atoms with Crippen molar-refractivity contribution >= 4 is 11.4 Å². The molecule has 0 atom stereocenters. The third-order valence-electron chi connectivity index (χ3n) is 4.58. The molecular weight excluding hydrogens is 318 g/mol. The molecule has 0 bridgehead atoms.